The minimum absolute atomic E-state index is 0.876. The second-order valence-electron chi connectivity index (χ2n) is 7.57. The van der Waals surface area contributed by atoms with Crippen LogP contribution in [0.4, 0.5) is 0 Å². The molecule has 5 aromatic heterocycles. The van der Waals surface area contributed by atoms with Crippen molar-refractivity contribution in [3.05, 3.63) is 85.1 Å². The molecular weight excluding hydrogens is 384 g/mol. The standard InChI is InChI=1S/C25H18N6/c1-15-7-9-26-12-19(15)16-5-6-22-18(10-16)25(31-30-22)23-11-17-20(13-27-14-24(17)29-23)21-4-2-3-8-28-21/h2-14,29H,1H3,(H,30,31). The van der Waals surface area contributed by atoms with E-state index in [2.05, 4.69) is 61.3 Å². The van der Waals surface area contributed by atoms with Gasteiger partial charge < -0.3 is 4.98 Å². The minimum atomic E-state index is 0.876. The molecule has 0 saturated carbocycles. The maximum absolute atomic E-state index is 4.61. The highest BCUT2D eigenvalue weighted by Gasteiger charge is 2.15. The molecule has 6 nitrogen and oxygen atoms in total. The van der Waals surface area contributed by atoms with Crippen molar-refractivity contribution in [3.63, 3.8) is 0 Å². The summed E-state index contributed by atoms with van der Waals surface area (Å²) in [7, 11) is 0. The quantitative estimate of drug-likeness (QED) is 0.407. The van der Waals surface area contributed by atoms with E-state index < -0.39 is 0 Å². The van der Waals surface area contributed by atoms with Gasteiger partial charge in [-0.2, -0.15) is 5.10 Å². The van der Waals surface area contributed by atoms with E-state index >= 15 is 0 Å². The molecule has 6 heteroatoms. The molecule has 1 aromatic carbocycles. The molecule has 0 bridgehead atoms. The average Bonchev–Trinajstić information content (AvgIpc) is 3.43. The Balaban J connectivity index is 1.52. The Morgan fingerprint density at radius 1 is 0.774 bits per heavy atom. The van der Waals surface area contributed by atoms with Crippen LogP contribution in [0, 0.1) is 6.92 Å². The van der Waals surface area contributed by atoms with Gasteiger partial charge in [-0.05, 0) is 54.4 Å². The summed E-state index contributed by atoms with van der Waals surface area (Å²) in [5.74, 6) is 0. The van der Waals surface area contributed by atoms with Crippen molar-refractivity contribution in [2.75, 3.05) is 0 Å². The Bertz CT molecular complexity index is 1550. The Hall–Kier alpha value is -4.32. The number of H-pyrrole nitrogens is 2. The van der Waals surface area contributed by atoms with E-state index in [4.69, 9.17) is 0 Å². The lowest BCUT2D eigenvalue weighted by Gasteiger charge is -2.05. The fourth-order valence-corrected chi connectivity index (χ4v) is 4.06. The van der Waals surface area contributed by atoms with E-state index in [1.165, 1.54) is 5.56 Å². The second-order valence-corrected chi connectivity index (χ2v) is 7.57. The fraction of sp³-hybridized carbons (Fsp3) is 0.0400. The number of aromatic amines is 2. The van der Waals surface area contributed by atoms with E-state index in [0.29, 0.717) is 0 Å². The zero-order chi connectivity index (χ0) is 20.8. The molecule has 0 saturated heterocycles. The zero-order valence-corrected chi connectivity index (χ0v) is 16.8. The van der Waals surface area contributed by atoms with Crippen LogP contribution in [0.1, 0.15) is 5.56 Å². The largest absolute Gasteiger partial charge is 0.352 e. The molecule has 6 rings (SSSR count). The number of benzene rings is 1. The Morgan fingerprint density at radius 3 is 2.58 bits per heavy atom. The van der Waals surface area contributed by atoms with Crippen LogP contribution in [0.5, 0.6) is 0 Å². The molecule has 0 unspecified atom stereocenters. The first-order valence-corrected chi connectivity index (χ1v) is 10.1. The van der Waals surface area contributed by atoms with Gasteiger partial charge in [0, 0.05) is 46.7 Å². The first-order chi connectivity index (χ1) is 15.3. The molecule has 5 heterocycles. The topological polar surface area (TPSA) is 83.1 Å². The number of aromatic nitrogens is 6. The number of pyridine rings is 3. The summed E-state index contributed by atoms with van der Waals surface area (Å²) >= 11 is 0. The Labute approximate surface area is 178 Å². The normalized spacial score (nSPS) is 11.4. The van der Waals surface area contributed by atoms with Gasteiger partial charge in [0.15, 0.2) is 0 Å². The molecule has 0 aliphatic carbocycles. The summed E-state index contributed by atoms with van der Waals surface area (Å²) in [6.45, 7) is 2.10. The molecule has 31 heavy (non-hydrogen) atoms. The average molecular weight is 402 g/mol. The number of aryl methyl sites for hydroxylation is 1. The SMILES string of the molecule is Cc1ccncc1-c1ccc2[nH]nc(-c3cc4c(-c5ccccn5)cncc4[nH]3)c2c1. The first kappa shape index (κ1) is 17.5. The van der Waals surface area contributed by atoms with Crippen molar-refractivity contribution in [3.8, 4) is 33.8 Å². The summed E-state index contributed by atoms with van der Waals surface area (Å²) in [4.78, 5) is 16.7. The van der Waals surface area contributed by atoms with Crippen LogP contribution in [0.3, 0.4) is 0 Å². The molecule has 0 amide bonds. The summed E-state index contributed by atoms with van der Waals surface area (Å²) in [5.41, 5.74) is 9.07. The van der Waals surface area contributed by atoms with Crippen LogP contribution < -0.4 is 0 Å². The summed E-state index contributed by atoms with van der Waals surface area (Å²) in [5, 5.41) is 9.89. The van der Waals surface area contributed by atoms with Gasteiger partial charge in [-0.3, -0.25) is 20.1 Å². The highest BCUT2D eigenvalue weighted by molar-refractivity contribution is 6.01. The van der Waals surface area contributed by atoms with Crippen LogP contribution in [-0.4, -0.2) is 30.1 Å². The van der Waals surface area contributed by atoms with Crippen molar-refractivity contribution in [2.45, 2.75) is 6.92 Å². The van der Waals surface area contributed by atoms with Crippen molar-refractivity contribution in [2.24, 2.45) is 0 Å². The zero-order valence-electron chi connectivity index (χ0n) is 16.8. The molecule has 0 fully saturated rings. The van der Waals surface area contributed by atoms with E-state index in [1.54, 1.807) is 6.20 Å². The smallest absolute Gasteiger partial charge is 0.116 e. The first-order valence-electron chi connectivity index (χ1n) is 10.1. The second kappa shape index (κ2) is 6.88. The Morgan fingerprint density at radius 2 is 1.71 bits per heavy atom. The number of hydrogen-bond acceptors (Lipinski definition) is 4. The van der Waals surface area contributed by atoms with Crippen molar-refractivity contribution in [1.82, 2.24) is 30.1 Å². The number of rotatable bonds is 3. The van der Waals surface area contributed by atoms with Crippen molar-refractivity contribution < 1.29 is 0 Å². The van der Waals surface area contributed by atoms with E-state index in [9.17, 15) is 0 Å². The van der Waals surface area contributed by atoms with Crippen LogP contribution in [0.25, 0.3) is 55.6 Å². The highest BCUT2D eigenvalue weighted by Crippen LogP contribution is 2.34. The van der Waals surface area contributed by atoms with Crippen LogP contribution in [-0.2, 0) is 0 Å². The molecular formula is C25H18N6. The van der Waals surface area contributed by atoms with Gasteiger partial charge in [0.2, 0.25) is 0 Å². The van der Waals surface area contributed by atoms with Crippen LogP contribution in [0.2, 0.25) is 0 Å². The van der Waals surface area contributed by atoms with Gasteiger partial charge in [-0.1, -0.05) is 12.1 Å². The van der Waals surface area contributed by atoms with Crippen molar-refractivity contribution in [1.29, 1.82) is 0 Å². The molecule has 148 valence electrons. The number of hydrogen-bond donors (Lipinski definition) is 2. The lowest BCUT2D eigenvalue weighted by atomic mass is 10.0. The maximum Gasteiger partial charge on any atom is 0.116 e. The van der Waals surface area contributed by atoms with E-state index in [0.717, 1.165) is 55.6 Å². The van der Waals surface area contributed by atoms with Crippen LogP contribution in [0.15, 0.2) is 79.5 Å². The van der Waals surface area contributed by atoms with Crippen LogP contribution >= 0.6 is 0 Å². The molecule has 0 aliphatic heterocycles. The van der Waals surface area contributed by atoms with E-state index in [-0.39, 0.29) is 0 Å². The van der Waals surface area contributed by atoms with Crippen molar-refractivity contribution >= 4 is 21.8 Å². The molecule has 2 N–H and O–H groups in total. The predicted molar refractivity (Wildman–Crippen MR) is 122 cm³/mol. The summed E-state index contributed by atoms with van der Waals surface area (Å²) in [6.07, 6.45) is 9.21. The van der Waals surface area contributed by atoms with Gasteiger partial charge >= 0.3 is 0 Å². The fourth-order valence-electron chi connectivity index (χ4n) is 4.06. The highest BCUT2D eigenvalue weighted by atomic mass is 15.1. The molecule has 0 spiro atoms. The number of nitrogens with one attached hydrogen (secondary N) is 2. The summed E-state index contributed by atoms with van der Waals surface area (Å²) in [6, 6.07) is 16.4. The molecule has 0 atom stereocenters. The predicted octanol–water partition coefficient (Wildman–Crippen LogP) is 5.54. The monoisotopic (exact) mass is 402 g/mol. The lowest BCUT2D eigenvalue weighted by Crippen LogP contribution is -1.85. The lowest BCUT2D eigenvalue weighted by molar-refractivity contribution is 1.12. The van der Waals surface area contributed by atoms with Gasteiger partial charge in [0.25, 0.3) is 0 Å². The van der Waals surface area contributed by atoms with Gasteiger partial charge in [-0.25, -0.2) is 0 Å². The minimum Gasteiger partial charge on any atom is -0.352 e. The van der Waals surface area contributed by atoms with Gasteiger partial charge in [0.05, 0.1) is 28.6 Å². The van der Waals surface area contributed by atoms with Gasteiger partial charge in [-0.15, -0.1) is 0 Å². The molecule has 6 aromatic rings. The summed E-state index contributed by atoms with van der Waals surface area (Å²) < 4.78 is 0. The third kappa shape index (κ3) is 2.88. The molecule has 0 aliphatic rings. The third-order valence-corrected chi connectivity index (χ3v) is 5.65. The maximum atomic E-state index is 4.61. The number of nitrogens with zero attached hydrogens (tertiary/aromatic N) is 4. The molecule has 0 radical (unpaired) electrons. The Kier molecular flexibility index (Phi) is 3.89. The van der Waals surface area contributed by atoms with Gasteiger partial charge in [0.1, 0.15) is 5.69 Å². The van der Waals surface area contributed by atoms with E-state index in [1.807, 2.05) is 49.1 Å². The number of fused-ring (bicyclic) bond motifs is 2. The third-order valence-electron chi connectivity index (χ3n) is 5.65.